The Morgan fingerprint density at radius 3 is 2.10 bits per heavy atom. The molecule has 1 unspecified atom stereocenters. The molecule has 0 radical (unpaired) electrons. The Bertz CT molecular complexity index is 134. The summed E-state index contributed by atoms with van der Waals surface area (Å²) in [5, 5.41) is 0. The van der Waals surface area contributed by atoms with Gasteiger partial charge in [-0.05, 0) is 18.9 Å². The molecule has 0 N–H and O–H groups in total. The molecule has 1 heteroatoms. The van der Waals surface area contributed by atoms with Gasteiger partial charge in [0.15, 0.2) is 5.78 Å². The molecule has 0 aliphatic heterocycles. The first-order chi connectivity index (χ1) is 4.59. The zero-order valence-electron chi connectivity index (χ0n) is 7.22. The third kappa shape index (κ3) is 2.81. The second-order valence-electron chi connectivity index (χ2n) is 2.94. The van der Waals surface area contributed by atoms with E-state index in [0.29, 0.717) is 5.92 Å². The Kier molecular flexibility index (Phi) is 4.01. The van der Waals surface area contributed by atoms with Gasteiger partial charge in [-0.1, -0.05) is 26.8 Å². The SMILES string of the molecule is C/C=C/C(=O)C(C)C(C)C. The van der Waals surface area contributed by atoms with E-state index in [0.717, 1.165) is 0 Å². The maximum absolute atomic E-state index is 11.1. The summed E-state index contributed by atoms with van der Waals surface area (Å²) in [7, 11) is 0. The Hall–Kier alpha value is -0.590. The molecular formula is C9H16O. The molecule has 0 fully saturated rings. The van der Waals surface area contributed by atoms with E-state index in [1.807, 2.05) is 13.8 Å². The van der Waals surface area contributed by atoms with Crippen molar-refractivity contribution in [1.29, 1.82) is 0 Å². The van der Waals surface area contributed by atoms with Gasteiger partial charge in [0, 0.05) is 5.92 Å². The number of allylic oxidation sites excluding steroid dienone is 2. The van der Waals surface area contributed by atoms with E-state index in [9.17, 15) is 4.79 Å². The molecule has 0 saturated heterocycles. The highest BCUT2D eigenvalue weighted by atomic mass is 16.1. The lowest BCUT2D eigenvalue weighted by molar-refractivity contribution is -0.118. The predicted molar refractivity (Wildman–Crippen MR) is 43.8 cm³/mol. The predicted octanol–water partition coefficient (Wildman–Crippen LogP) is 2.42. The molecule has 0 saturated carbocycles. The summed E-state index contributed by atoms with van der Waals surface area (Å²) in [6.07, 6.45) is 3.44. The van der Waals surface area contributed by atoms with E-state index in [1.165, 1.54) is 0 Å². The highest BCUT2D eigenvalue weighted by Crippen LogP contribution is 2.10. The van der Waals surface area contributed by atoms with Crippen LogP contribution < -0.4 is 0 Å². The lowest BCUT2D eigenvalue weighted by atomic mass is 9.93. The Labute approximate surface area is 63.1 Å². The third-order valence-corrected chi connectivity index (χ3v) is 1.78. The van der Waals surface area contributed by atoms with Crippen molar-refractivity contribution in [2.24, 2.45) is 11.8 Å². The van der Waals surface area contributed by atoms with Crippen molar-refractivity contribution in [3.8, 4) is 0 Å². The van der Waals surface area contributed by atoms with Crippen LogP contribution in [-0.4, -0.2) is 5.78 Å². The van der Waals surface area contributed by atoms with Crippen LogP contribution in [0.2, 0.25) is 0 Å². The van der Waals surface area contributed by atoms with Crippen molar-refractivity contribution in [3.63, 3.8) is 0 Å². The fraction of sp³-hybridized carbons (Fsp3) is 0.667. The highest BCUT2D eigenvalue weighted by molar-refractivity contribution is 5.91. The fourth-order valence-corrected chi connectivity index (χ4v) is 0.645. The molecule has 0 aromatic carbocycles. The first-order valence-electron chi connectivity index (χ1n) is 3.76. The first-order valence-corrected chi connectivity index (χ1v) is 3.76. The second-order valence-corrected chi connectivity index (χ2v) is 2.94. The molecule has 10 heavy (non-hydrogen) atoms. The van der Waals surface area contributed by atoms with Crippen LogP contribution in [0, 0.1) is 11.8 Å². The van der Waals surface area contributed by atoms with Gasteiger partial charge in [-0.3, -0.25) is 4.79 Å². The average molecular weight is 140 g/mol. The van der Waals surface area contributed by atoms with E-state index < -0.39 is 0 Å². The third-order valence-electron chi connectivity index (χ3n) is 1.78. The lowest BCUT2D eigenvalue weighted by Crippen LogP contribution is -2.13. The molecule has 0 spiro atoms. The van der Waals surface area contributed by atoms with Gasteiger partial charge in [0.2, 0.25) is 0 Å². The summed E-state index contributed by atoms with van der Waals surface area (Å²) in [4.78, 5) is 11.1. The first kappa shape index (κ1) is 9.41. The smallest absolute Gasteiger partial charge is 0.158 e. The van der Waals surface area contributed by atoms with Gasteiger partial charge < -0.3 is 0 Å². The summed E-state index contributed by atoms with van der Waals surface area (Å²) in [5.41, 5.74) is 0. The van der Waals surface area contributed by atoms with Crippen LogP contribution in [0.5, 0.6) is 0 Å². The van der Waals surface area contributed by atoms with Crippen LogP contribution in [-0.2, 0) is 4.79 Å². The van der Waals surface area contributed by atoms with Gasteiger partial charge in [-0.15, -0.1) is 0 Å². The molecule has 0 amide bonds. The molecule has 1 atom stereocenters. The molecular weight excluding hydrogens is 124 g/mol. The van der Waals surface area contributed by atoms with Crippen molar-refractivity contribution in [2.45, 2.75) is 27.7 Å². The Morgan fingerprint density at radius 2 is 1.80 bits per heavy atom. The van der Waals surface area contributed by atoms with Crippen LogP contribution in [0.1, 0.15) is 27.7 Å². The van der Waals surface area contributed by atoms with E-state index in [-0.39, 0.29) is 11.7 Å². The molecule has 1 nitrogen and oxygen atoms in total. The summed E-state index contributed by atoms with van der Waals surface area (Å²) in [6, 6.07) is 0. The number of carbonyl (C=O) groups is 1. The van der Waals surface area contributed by atoms with E-state index in [2.05, 4.69) is 13.8 Å². The van der Waals surface area contributed by atoms with Crippen molar-refractivity contribution < 1.29 is 4.79 Å². The van der Waals surface area contributed by atoms with Crippen LogP contribution in [0.15, 0.2) is 12.2 Å². The van der Waals surface area contributed by atoms with Gasteiger partial charge in [-0.2, -0.15) is 0 Å². The summed E-state index contributed by atoms with van der Waals surface area (Å²) < 4.78 is 0. The van der Waals surface area contributed by atoms with Gasteiger partial charge >= 0.3 is 0 Å². The quantitative estimate of drug-likeness (QED) is 0.550. The zero-order valence-corrected chi connectivity index (χ0v) is 7.22. The largest absolute Gasteiger partial charge is 0.295 e. The maximum atomic E-state index is 11.1. The number of ketones is 1. The Morgan fingerprint density at radius 1 is 1.30 bits per heavy atom. The van der Waals surface area contributed by atoms with Crippen molar-refractivity contribution >= 4 is 5.78 Å². The van der Waals surface area contributed by atoms with Crippen LogP contribution in [0.25, 0.3) is 0 Å². The second kappa shape index (κ2) is 4.26. The van der Waals surface area contributed by atoms with Crippen LogP contribution >= 0.6 is 0 Å². The fourth-order valence-electron chi connectivity index (χ4n) is 0.645. The Balaban J connectivity index is 3.95. The lowest BCUT2D eigenvalue weighted by Gasteiger charge is -2.10. The maximum Gasteiger partial charge on any atom is 0.158 e. The van der Waals surface area contributed by atoms with Gasteiger partial charge in [0.1, 0.15) is 0 Å². The summed E-state index contributed by atoms with van der Waals surface area (Å²) >= 11 is 0. The van der Waals surface area contributed by atoms with Gasteiger partial charge in [-0.25, -0.2) is 0 Å². The average Bonchev–Trinajstić information content (AvgIpc) is 1.87. The highest BCUT2D eigenvalue weighted by Gasteiger charge is 2.12. The zero-order chi connectivity index (χ0) is 8.15. The van der Waals surface area contributed by atoms with E-state index in [4.69, 9.17) is 0 Å². The standard InChI is InChI=1S/C9H16O/c1-5-6-9(10)8(4)7(2)3/h5-8H,1-4H3/b6-5+. The van der Waals surface area contributed by atoms with Crippen molar-refractivity contribution in [3.05, 3.63) is 12.2 Å². The van der Waals surface area contributed by atoms with Gasteiger partial charge in [0.05, 0.1) is 0 Å². The van der Waals surface area contributed by atoms with Crippen molar-refractivity contribution in [1.82, 2.24) is 0 Å². The molecule has 0 bridgehead atoms. The molecule has 0 aliphatic rings. The minimum atomic E-state index is 0.163. The van der Waals surface area contributed by atoms with E-state index >= 15 is 0 Å². The minimum absolute atomic E-state index is 0.163. The summed E-state index contributed by atoms with van der Waals surface area (Å²) in [5.74, 6) is 0.845. The number of carbonyl (C=O) groups excluding carboxylic acids is 1. The molecule has 0 aliphatic carbocycles. The number of rotatable bonds is 3. The summed E-state index contributed by atoms with van der Waals surface area (Å²) in [6.45, 7) is 7.95. The minimum Gasteiger partial charge on any atom is -0.295 e. The number of hydrogen-bond donors (Lipinski definition) is 0. The molecule has 0 aromatic rings. The number of hydrogen-bond acceptors (Lipinski definition) is 1. The van der Waals surface area contributed by atoms with Crippen molar-refractivity contribution in [2.75, 3.05) is 0 Å². The monoisotopic (exact) mass is 140 g/mol. The van der Waals surface area contributed by atoms with E-state index in [1.54, 1.807) is 12.2 Å². The molecule has 58 valence electrons. The van der Waals surface area contributed by atoms with Crippen LogP contribution in [0.4, 0.5) is 0 Å². The molecule has 0 heterocycles. The van der Waals surface area contributed by atoms with Crippen LogP contribution in [0.3, 0.4) is 0 Å². The molecule has 0 aromatic heterocycles. The van der Waals surface area contributed by atoms with Gasteiger partial charge in [0.25, 0.3) is 0 Å². The molecule has 0 rings (SSSR count). The normalized spacial score (nSPS) is 14.5. The topological polar surface area (TPSA) is 17.1 Å².